The standard InChI is InChI=1S/C122H84N2O2/c1-121(2)110-42-14-9-33-102(110)108-40-21-37-97(119(108)121)83-60-68-90(69-61-83)124(113-45-16-11-30-96(113)87-63-71-106-104-35-13-18-47-115(104)126-117(106)76-87)91-27-19-26-85(74-91)79-50-54-82(55-51-79)94-72-73-101(100-32-8-7-31-99(94)100)107-39-23-43-111-118(107)109-41-22-38-98(120(109)122(111,3)4)84-58-66-89(67-59-84)123(112-44-15-10-29-95(112)86-62-70-105-103-34-12-17-46-114(103)125-116(105)75-86)88-64-56-78(57-65-88)77-48-52-81(53-49-77)93-36-20-25-80-24-5-6-28-92(80)93/h5-76H,1-4H3. The fraction of sp³-hybridized carbons (Fsp3) is 0.0492. The monoisotopic (exact) mass is 1610 g/mol. The third-order valence-electron chi connectivity index (χ3n) is 27.1. The van der Waals surface area contributed by atoms with Gasteiger partial charge < -0.3 is 18.6 Å². The van der Waals surface area contributed by atoms with Gasteiger partial charge in [-0.2, -0.15) is 0 Å². The number of hydrogen-bond donors (Lipinski definition) is 0. The van der Waals surface area contributed by atoms with E-state index in [0.29, 0.717) is 0 Å². The van der Waals surface area contributed by atoms with Crippen molar-refractivity contribution in [3.05, 3.63) is 459 Å². The van der Waals surface area contributed by atoms with E-state index in [4.69, 9.17) is 8.83 Å². The van der Waals surface area contributed by atoms with Gasteiger partial charge in [-0.15, -0.1) is 0 Å². The van der Waals surface area contributed by atoms with Gasteiger partial charge in [-0.05, 0) is 252 Å². The zero-order chi connectivity index (χ0) is 83.9. The maximum Gasteiger partial charge on any atom is 0.136 e. The molecule has 126 heavy (non-hydrogen) atoms. The zero-order valence-electron chi connectivity index (χ0n) is 70.3. The minimum absolute atomic E-state index is 0.155. The van der Waals surface area contributed by atoms with E-state index in [0.717, 1.165) is 128 Å². The van der Waals surface area contributed by atoms with Crippen molar-refractivity contribution in [2.24, 2.45) is 0 Å². The van der Waals surface area contributed by atoms with Crippen LogP contribution < -0.4 is 9.80 Å². The topological polar surface area (TPSA) is 32.8 Å². The van der Waals surface area contributed by atoms with Crippen molar-refractivity contribution in [2.75, 3.05) is 9.80 Å². The van der Waals surface area contributed by atoms with E-state index in [-0.39, 0.29) is 10.8 Å². The highest BCUT2D eigenvalue weighted by molar-refractivity contribution is 6.11. The first-order chi connectivity index (χ1) is 62.0. The highest BCUT2D eigenvalue weighted by Crippen LogP contribution is 2.58. The Morgan fingerprint density at radius 2 is 0.532 bits per heavy atom. The first kappa shape index (κ1) is 74.0. The van der Waals surface area contributed by atoms with Crippen LogP contribution in [0.2, 0.25) is 0 Å². The molecule has 594 valence electrons. The Hall–Kier alpha value is -15.9. The molecule has 4 nitrogen and oxygen atoms in total. The van der Waals surface area contributed by atoms with Crippen molar-refractivity contribution in [3.63, 3.8) is 0 Å². The minimum Gasteiger partial charge on any atom is -0.456 e. The Kier molecular flexibility index (Phi) is 17.3. The Labute approximate surface area is 733 Å². The predicted octanol–water partition coefficient (Wildman–Crippen LogP) is 34.3. The third kappa shape index (κ3) is 12.1. The van der Waals surface area contributed by atoms with Crippen LogP contribution in [0.15, 0.2) is 446 Å². The van der Waals surface area contributed by atoms with E-state index in [2.05, 4.69) is 462 Å². The summed E-state index contributed by atoms with van der Waals surface area (Å²) in [5.41, 5.74) is 41.0. The summed E-state index contributed by atoms with van der Waals surface area (Å²) < 4.78 is 13.1. The Bertz CT molecular complexity index is 8120. The van der Waals surface area contributed by atoms with Gasteiger partial charge in [0.05, 0.1) is 11.4 Å². The SMILES string of the molecule is CC1(C)c2ccccc2-c2cccc(-c3ccc(N(c4cccc(-c5ccc(-c6ccc(-c7cccc8c7-c7cccc(-c9ccc(N(c%10ccc(-c%11ccc(-c%12cccc%13ccccc%12%13)cc%11)cc%10)c%10ccccc%10-c%10ccc%11c(c%10)oc%10ccccc%10%11)cc9)c7C8(C)C)c7ccccc67)cc5)c4)c4ccccc4-c4ccc5c(c4)oc4ccccc45)cc3)c21. The molecule has 0 radical (unpaired) electrons. The predicted molar refractivity (Wildman–Crippen MR) is 529 cm³/mol. The van der Waals surface area contributed by atoms with Crippen molar-refractivity contribution >= 4 is 99.5 Å². The number of anilines is 6. The van der Waals surface area contributed by atoms with Gasteiger partial charge in [0.1, 0.15) is 22.3 Å². The van der Waals surface area contributed by atoms with Crippen LogP contribution in [0, 0.1) is 0 Å². The van der Waals surface area contributed by atoms with Gasteiger partial charge in [-0.25, -0.2) is 0 Å². The fourth-order valence-electron chi connectivity index (χ4n) is 21.1. The second-order valence-electron chi connectivity index (χ2n) is 34.9. The van der Waals surface area contributed by atoms with Crippen LogP contribution in [0.3, 0.4) is 0 Å². The van der Waals surface area contributed by atoms with Crippen LogP contribution >= 0.6 is 0 Å². The average Bonchev–Trinajstić information content (AvgIpc) is 1.55. The number of nitrogens with zero attached hydrogens (tertiary/aromatic N) is 2. The van der Waals surface area contributed by atoms with Crippen molar-refractivity contribution < 1.29 is 8.83 Å². The summed E-state index contributed by atoms with van der Waals surface area (Å²) in [6.07, 6.45) is 0. The van der Waals surface area contributed by atoms with Crippen molar-refractivity contribution in [3.8, 4) is 122 Å². The number of benzene rings is 20. The highest BCUT2D eigenvalue weighted by atomic mass is 16.3. The Balaban J connectivity index is 0.553. The molecule has 0 N–H and O–H groups in total. The number of hydrogen-bond acceptors (Lipinski definition) is 4. The van der Waals surface area contributed by atoms with Crippen LogP contribution in [-0.2, 0) is 10.8 Å². The molecule has 0 saturated heterocycles. The Morgan fingerprint density at radius 1 is 0.183 bits per heavy atom. The summed E-state index contributed by atoms with van der Waals surface area (Å²) in [4.78, 5) is 4.84. The molecule has 2 aliphatic carbocycles. The van der Waals surface area contributed by atoms with E-state index in [1.54, 1.807) is 0 Å². The molecule has 2 aliphatic rings. The molecule has 0 bridgehead atoms. The van der Waals surface area contributed by atoms with Gasteiger partial charge in [0, 0.05) is 66.3 Å². The second kappa shape index (κ2) is 29.5. The molecule has 24 rings (SSSR count). The van der Waals surface area contributed by atoms with E-state index in [1.165, 1.54) is 116 Å². The summed E-state index contributed by atoms with van der Waals surface area (Å²) in [5.74, 6) is 0. The third-order valence-corrected chi connectivity index (χ3v) is 27.1. The highest BCUT2D eigenvalue weighted by Gasteiger charge is 2.41. The van der Waals surface area contributed by atoms with E-state index >= 15 is 0 Å². The molecule has 4 heteroatoms. The quantitative estimate of drug-likeness (QED) is 0.102. The lowest BCUT2D eigenvalue weighted by Gasteiger charge is -2.29. The maximum absolute atomic E-state index is 6.54. The summed E-state index contributed by atoms with van der Waals surface area (Å²) in [6.45, 7) is 9.58. The average molecular weight is 1610 g/mol. The number of furan rings is 2. The van der Waals surface area contributed by atoms with Crippen LogP contribution in [-0.4, -0.2) is 0 Å². The van der Waals surface area contributed by atoms with Gasteiger partial charge in [-0.1, -0.05) is 367 Å². The van der Waals surface area contributed by atoms with Crippen LogP contribution in [0.5, 0.6) is 0 Å². The molecular weight excluding hydrogens is 1530 g/mol. The molecule has 22 aromatic rings. The second-order valence-corrected chi connectivity index (χ2v) is 34.9. The van der Waals surface area contributed by atoms with Gasteiger partial charge in [0.2, 0.25) is 0 Å². The number of fused-ring (bicyclic) bond motifs is 14. The molecule has 2 heterocycles. The van der Waals surface area contributed by atoms with Gasteiger partial charge in [-0.3, -0.25) is 0 Å². The van der Waals surface area contributed by atoms with E-state index in [1.807, 2.05) is 12.1 Å². The maximum atomic E-state index is 6.54. The van der Waals surface area contributed by atoms with Crippen LogP contribution in [0.4, 0.5) is 34.1 Å². The largest absolute Gasteiger partial charge is 0.456 e. The van der Waals surface area contributed by atoms with Crippen molar-refractivity contribution in [1.82, 2.24) is 0 Å². The molecule has 0 saturated carbocycles. The van der Waals surface area contributed by atoms with Crippen molar-refractivity contribution in [1.29, 1.82) is 0 Å². The van der Waals surface area contributed by atoms with E-state index in [9.17, 15) is 0 Å². The lowest BCUT2D eigenvalue weighted by molar-refractivity contribution is 0.662. The number of rotatable bonds is 15. The molecule has 0 amide bonds. The molecule has 0 spiro atoms. The Morgan fingerprint density at radius 3 is 1.13 bits per heavy atom. The molecule has 0 atom stereocenters. The zero-order valence-corrected chi connectivity index (χ0v) is 70.3. The normalized spacial score (nSPS) is 12.9. The van der Waals surface area contributed by atoms with Gasteiger partial charge >= 0.3 is 0 Å². The molecule has 0 unspecified atom stereocenters. The summed E-state index contributed by atoms with van der Waals surface area (Å²) in [6, 6.07) is 161. The first-order valence-electron chi connectivity index (χ1n) is 43.7. The van der Waals surface area contributed by atoms with Crippen molar-refractivity contribution in [2.45, 2.75) is 38.5 Å². The van der Waals surface area contributed by atoms with Crippen LogP contribution in [0.1, 0.15) is 49.9 Å². The summed E-state index contributed by atoms with van der Waals surface area (Å²) >= 11 is 0. The summed E-state index contributed by atoms with van der Waals surface area (Å²) in [5, 5.41) is 9.37. The molecule has 20 aromatic carbocycles. The minimum atomic E-state index is -0.327. The van der Waals surface area contributed by atoms with Crippen LogP contribution in [0.25, 0.3) is 188 Å². The summed E-state index contributed by atoms with van der Waals surface area (Å²) in [7, 11) is 0. The molecule has 0 fully saturated rings. The molecule has 2 aromatic heterocycles. The first-order valence-corrected chi connectivity index (χ1v) is 43.7. The fourth-order valence-corrected chi connectivity index (χ4v) is 21.1. The molecular formula is C122H84N2O2. The molecule has 0 aliphatic heterocycles. The van der Waals surface area contributed by atoms with Gasteiger partial charge in [0.15, 0.2) is 0 Å². The van der Waals surface area contributed by atoms with E-state index < -0.39 is 0 Å². The lowest BCUT2D eigenvalue weighted by atomic mass is 9.78. The smallest absolute Gasteiger partial charge is 0.136 e. The lowest BCUT2D eigenvalue weighted by Crippen LogP contribution is -2.16. The number of para-hydroxylation sites is 4. The van der Waals surface area contributed by atoms with Gasteiger partial charge in [0.25, 0.3) is 0 Å².